The molecule has 108 valence electrons. The molecule has 0 spiro atoms. The Bertz CT molecular complexity index is 928. The number of ether oxygens (including phenoxy) is 2. The maximum Gasteiger partial charge on any atom is 0.138 e. The second kappa shape index (κ2) is 4.60. The summed E-state index contributed by atoms with van der Waals surface area (Å²) in [7, 11) is 1.61. The largest absolute Gasteiger partial charge is 0.497 e. The lowest BCUT2D eigenvalue weighted by atomic mass is 9.91. The van der Waals surface area contributed by atoms with Gasteiger partial charge in [-0.3, -0.25) is 0 Å². The summed E-state index contributed by atoms with van der Waals surface area (Å²) in [6.45, 7) is 4.16. The molecule has 3 aromatic rings. The first kappa shape index (κ1) is 12.9. The van der Waals surface area contributed by atoms with Crippen molar-refractivity contribution in [1.82, 2.24) is 0 Å². The number of benzene rings is 3. The molecular formula is C19H13FO2. The highest BCUT2D eigenvalue weighted by Crippen LogP contribution is 2.47. The quantitative estimate of drug-likeness (QED) is 0.483. The first-order valence-corrected chi connectivity index (χ1v) is 6.96. The zero-order chi connectivity index (χ0) is 15.3. The minimum atomic E-state index is -0.268. The van der Waals surface area contributed by atoms with Gasteiger partial charge in [0.05, 0.1) is 7.11 Å². The minimum Gasteiger partial charge on any atom is -0.497 e. The lowest BCUT2D eigenvalue weighted by Crippen LogP contribution is -2.03. The predicted octanol–water partition coefficient (Wildman–Crippen LogP) is 5.15. The maximum atomic E-state index is 14.3. The number of methoxy groups -OCH3 is 1. The summed E-state index contributed by atoms with van der Waals surface area (Å²) in [6, 6.07) is 14.3. The summed E-state index contributed by atoms with van der Waals surface area (Å²) in [5.41, 5.74) is 2.33. The Labute approximate surface area is 127 Å². The highest BCUT2D eigenvalue weighted by molar-refractivity contribution is 6.02. The van der Waals surface area contributed by atoms with Crippen LogP contribution < -0.4 is 9.47 Å². The average molecular weight is 292 g/mol. The SMILES string of the molecule is C=C1c2ccc(OC)cc2Oc2ccc3cccc(F)c3c21. The van der Waals surface area contributed by atoms with Crippen molar-refractivity contribution in [2.45, 2.75) is 0 Å². The van der Waals surface area contributed by atoms with Gasteiger partial charge in [0.15, 0.2) is 0 Å². The molecule has 1 aliphatic rings. The van der Waals surface area contributed by atoms with Gasteiger partial charge < -0.3 is 9.47 Å². The normalized spacial score (nSPS) is 12.5. The zero-order valence-electron chi connectivity index (χ0n) is 12.0. The highest BCUT2D eigenvalue weighted by atomic mass is 19.1. The van der Waals surface area contributed by atoms with Crippen LogP contribution in [-0.4, -0.2) is 7.11 Å². The fourth-order valence-corrected chi connectivity index (χ4v) is 2.92. The van der Waals surface area contributed by atoms with Crippen molar-refractivity contribution in [3.8, 4) is 17.2 Å². The van der Waals surface area contributed by atoms with E-state index in [4.69, 9.17) is 9.47 Å². The molecule has 0 unspecified atom stereocenters. The Balaban J connectivity index is 2.00. The van der Waals surface area contributed by atoms with Crippen molar-refractivity contribution in [1.29, 1.82) is 0 Å². The summed E-state index contributed by atoms with van der Waals surface area (Å²) in [6.07, 6.45) is 0. The van der Waals surface area contributed by atoms with E-state index in [1.807, 2.05) is 36.4 Å². The van der Waals surface area contributed by atoms with Gasteiger partial charge in [-0.15, -0.1) is 0 Å². The zero-order valence-corrected chi connectivity index (χ0v) is 12.0. The molecule has 3 aromatic carbocycles. The lowest BCUT2D eigenvalue weighted by molar-refractivity contribution is 0.408. The summed E-state index contributed by atoms with van der Waals surface area (Å²) >= 11 is 0. The van der Waals surface area contributed by atoms with Crippen LogP contribution in [0.25, 0.3) is 16.3 Å². The molecule has 3 heteroatoms. The van der Waals surface area contributed by atoms with Crippen LogP contribution in [0.5, 0.6) is 17.2 Å². The molecule has 0 radical (unpaired) electrons. The van der Waals surface area contributed by atoms with Gasteiger partial charge in [-0.1, -0.05) is 24.8 Å². The van der Waals surface area contributed by atoms with Gasteiger partial charge in [0.2, 0.25) is 0 Å². The summed E-state index contributed by atoms with van der Waals surface area (Å²) in [5, 5.41) is 1.38. The standard InChI is InChI=1S/C19H13FO2/c1-11-14-8-7-13(21-2)10-17(14)22-16-9-6-12-4-3-5-15(20)19(12)18(11)16/h3-10H,1H2,2H3. The third-order valence-electron chi connectivity index (χ3n) is 3.99. The summed E-state index contributed by atoms with van der Waals surface area (Å²) in [5.74, 6) is 1.73. The molecule has 4 rings (SSSR count). The molecule has 0 saturated carbocycles. The molecule has 0 fully saturated rings. The Morgan fingerprint density at radius 2 is 1.91 bits per heavy atom. The fourth-order valence-electron chi connectivity index (χ4n) is 2.92. The first-order valence-electron chi connectivity index (χ1n) is 6.96. The number of hydrogen-bond donors (Lipinski definition) is 0. The lowest BCUT2D eigenvalue weighted by Gasteiger charge is -2.24. The average Bonchev–Trinajstić information content (AvgIpc) is 2.54. The van der Waals surface area contributed by atoms with Crippen LogP contribution in [0.1, 0.15) is 11.1 Å². The van der Waals surface area contributed by atoms with E-state index in [0.717, 1.165) is 16.5 Å². The van der Waals surface area contributed by atoms with E-state index in [1.165, 1.54) is 6.07 Å². The first-order chi connectivity index (χ1) is 10.7. The Morgan fingerprint density at radius 1 is 1.05 bits per heavy atom. The van der Waals surface area contributed by atoms with Gasteiger partial charge in [-0.05, 0) is 35.2 Å². The number of halogens is 1. The van der Waals surface area contributed by atoms with E-state index < -0.39 is 0 Å². The molecule has 22 heavy (non-hydrogen) atoms. The van der Waals surface area contributed by atoms with Gasteiger partial charge in [0.25, 0.3) is 0 Å². The molecule has 1 heterocycles. The van der Waals surface area contributed by atoms with Gasteiger partial charge in [-0.2, -0.15) is 0 Å². The topological polar surface area (TPSA) is 18.5 Å². The van der Waals surface area contributed by atoms with E-state index in [-0.39, 0.29) is 5.82 Å². The van der Waals surface area contributed by atoms with Crippen molar-refractivity contribution >= 4 is 16.3 Å². The van der Waals surface area contributed by atoms with Crippen LogP contribution in [0.15, 0.2) is 55.1 Å². The minimum absolute atomic E-state index is 0.268. The van der Waals surface area contributed by atoms with Crippen LogP contribution in [0.4, 0.5) is 4.39 Å². The van der Waals surface area contributed by atoms with Crippen molar-refractivity contribution in [3.63, 3.8) is 0 Å². The Morgan fingerprint density at radius 3 is 2.73 bits per heavy atom. The van der Waals surface area contributed by atoms with Crippen LogP contribution in [0.3, 0.4) is 0 Å². The van der Waals surface area contributed by atoms with Crippen molar-refractivity contribution in [3.05, 3.63) is 72.1 Å². The summed E-state index contributed by atoms with van der Waals surface area (Å²) in [4.78, 5) is 0. The van der Waals surface area contributed by atoms with Gasteiger partial charge in [0, 0.05) is 22.6 Å². The second-order valence-electron chi connectivity index (χ2n) is 5.22. The van der Waals surface area contributed by atoms with E-state index in [0.29, 0.717) is 28.2 Å². The molecule has 0 bridgehead atoms. The predicted molar refractivity (Wildman–Crippen MR) is 85.1 cm³/mol. The van der Waals surface area contributed by atoms with Crippen molar-refractivity contribution < 1.29 is 13.9 Å². The fraction of sp³-hybridized carbons (Fsp3) is 0.0526. The van der Waals surface area contributed by atoms with E-state index in [2.05, 4.69) is 6.58 Å². The molecule has 1 aliphatic heterocycles. The van der Waals surface area contributed by atoms with Gasteiger partial charge in [0.1, 0.15) is 23.1 Å². The molecule has 0 amide bonds. The Hall–Kier alpha value is -2.81. The molecule has 2 nitrogen and oxygen atoms in total. The molecule has 0 aliphatic carbocycles. The molecule has 0 atom stereocenters. The molecule has 0 aromatic heterocycles. The summed E-state index contributed by atoms with van der Waals surface area (Å²) < 4.78 is 25.5. The van der Waals surface area contributed by atoms with Crippen LogP contribution >= 0.6 is 0 Å². The monoisotopic (exact) mass is 292 g/mol. The molecular weight excluding hydrogens is 279 g/mol. The van der Waals surface area contributed by atoms with E-state index in [9.17, 15) is 4.39 Å². The second-order valence-corrected chi connectivity index (χ2v) is 5.22. The van der Waals surface area contributed by atoms with Crippen LogP contribution in [0.2, 0.25) is 0 Å². The third kappa shape index (κ3) is 1.72. The number of hydrogen-bond acceptors (Lipinski definition) is 2. The third-order valence-corrected chi connectivity index (χ3v) is 3.99. The molecule has 0 saturated heterocycles. The van der Waals surface area contributed by atoms with Gasteiger partial charge >= 0.3 is 0 Å². The van der Waals surface area contributed by atoms with Gasteiger partial charge in [-0.25, -0.2) is 4.39 Å². The van der Waals surface area contributed by atoms with Crippen LogP contribution in [-0.2, 0) is 0 Å². The smallest absolute Gasteiger partial charge is 0.138 e. The number of rotatable bonds is 1. The number of fused-ring (bicyclic) bond motifs is 4. The molecule has 0 N–H and O–H groups in total. The van der Waals surface area contributed by atoms with Crippen molar-refractivity contribution in [2.24, 2.45) is 0 Å². The van der Waals surface area contributed by atoms with E-state index >= 15 is 0 Å². The Kier molecular flexibility index (Phi) is 2.70. The van der Waals surface area contributed by atoms with E-state index in [1.54, 1.807) is 13.2 Å². The van der Waals surface area contributed by atoms with Crippen molar-refractivity contribution in [2.75, 3.05) is 7.11 Å². The van der Waals surface area contributed by atoms with Crippen LogP contribution in [0, 0.1) is 5.82 Å². The maximum absolute atomic E-state index is 14.3. The highest BCUT2D eigenvalue weighted by Gasteiger charge is 2.24.